The van der Waals surface area contributed by atoms with Gasteiger partial charge in [0.05, 0.1) is 5.41 Å². The molecule has 0 saturated carbocycles. The van der Waals surface area contributed by atoms with Crippen molar-refractivity contribution in [1.29, 1.82) is 0 Å². The van der Waals surface area contributed by atoms with Crippen LogP contribution in [0.25, 0.3) is 0 Å². The number of likely N-dealkylation sites (tertiary alicyclic amines) is 1. The highest BCUT2D eigenvalue weighted by atomic mass is 16.2. The summed E-state index contributed by atoms with van der Waals surface area (Å²) in [6.45, 7) is 11.5. The van der Waals surface area contributed by atoms with Crippen LogP contribution in [-0.4, -0.2) is 49.6 Å². The summed E-state index contributed by atoms with van der Waals surface area (Å²) in [6, 6.07) is 0.627. The van der Waals surface area contributed by atoms with Crippen LogP contribution in [-0.2, 0) is 4.79 Å². The molecule has 2 aliphatic heterocycles. The van der Waals surface area contributed by atoms with Gasteiger partial charge in [-0.3, -0.25) is 4.79 Å². The predicted molar refractivity (Wildman–Crippen MR) is 73.4 cm³/mol. The third-order valence-corrected chi connectivity index (χ3v) is 4.52. The number of hydrogen-bond acceptors (Lipinski definition) is 3. The lowest BCUT2D eigenvalue weighted by Crippen LogP contribution is -2.42. The molecule has 2 aliphatic rings. The van der Waals surface area contributed by atoms with Crippen molar-refractivity contribution < 1.29 is 4.79 Å². The number of nitrogens with one attached hydrogen (secondary N) is 2. The first-order valence-corrected chi connectivity index (χ1v) is 7.24. The molecule has 0 spiro atoms. The number of rotatable bonds is 4. The maximum atomic E-state index is 12.2. The van der Waals surface area contributed by atoms with Crippen molar-refractivity contribution in [2.75, 3.05) is 32.7 Å². The van der Waals surface area contributed by atoms with E-state index in [1.54, 1.807) is 0 Å². The van der Waals surface area contributed by atoms with Crippen LogP contribution >= 0.6 is 0 Å². The van der Waals surface area contributed by atoms with Gasteiger partial charge in [0.25, 0.3) is 0 Å². The molecule has 2 unspecified atom stereocenters. The van der Waals surface area contributed by atoms with E-state index in [0.717, 1.165) is 32.6 Å². The first-order chi connectivity index (χ1) is 8.51. The molecule has 4 nitrogen and oxygen atoms in total. The van der Waals surface area contributed by atoms with E-state index in [1.165, 1.54) is 13.0 Å². The Kier molecular flexibility index (Phi) is 4.28. The fourth-order valence-electron chi connectivity index (χ4n) is 2.96. The minimum absolute atomic E-state index is 0.184. The first-order valence-electron chi connectivity index (χ1n) is 7.24. The second-order valence-electron chi connectivity index (χ2n) is 6.44. The Labute approximate surface area is 110 Å². The summed E-state index contributed by atoms with van der Waals surface area (Å²) in [7, 11) is 0. The second kappa shape index (κ2) is 5.57. The summed E-state index contributed by atoms with van der Waals surface area (Å²) in [5.41, 5.74) is -0.184. The normalized spacial score (nSPS) is 33.2. The monoisotopic (exact) mass is 253 g/mol. The summed E-state index contributed by atoms with van der Waals surface area (Å²) < 4.78 is 0. The fourth-order valence-corrected chi connectivity index (χ4v) is 2.96. The number of carbonyl (C=O) groups excluding carboxylic acids is 1. The lowest BCUT2D eigenvalue weighted by molar-refractivity contribution is -0.129. The average molecular weight is 253 g/mol. The number of amides is 1. The Bertz CT molecular complexity index is 297. The van der Waals surface area contributed by atoms with E-state index in [-0.39, 0.29) is 11.3 Å². The number of carbonyl (C=O) groups is 1. The van der Waals surface area contributed by atoms with Crippen molar-refractivity contribution in [2.24, 2.45) is 11.3 Å². The van der Waals surface area contributed by atoms with E-state index in [1.807, 2.05) is 0 Å². The predicted octanol–water partition coefficient (Wildman–Crippen LogP) is 0.833. The van der Waals surface area contributed by atoms with Crippen LogP contribution in [0.4, 0.5) is 0 Å². The van der Waals surface area contributed by atoms with Gasteiger partial charge >= 0.3 is 0 Å². The van der Waals surface area contributed by atoms with Gasteiger partial charge < -0.3 is 15.5 Å². The van der Waals surface area contributed by atoms with E-state index in [9.17, 15) is 4.79 Å². The van der Waals surface area contributed by atoms with Crippen molar-refractivity contribution in [3.8, 4) is 0 Å². The van der Waals surface area contributed by atoms with Gasteiger partial charge in [-0.25, -0.2) is 0 Å². The molecule has 0 aromatic carbocycles. The average Bonchev–Trinajstić information content (AvgIpc) is 2.95. The highest BCUT2D eigenvalue weighted by Crippen LogP contribution is 2.25. The van der Waals surface area contributed by atoms with Crippen molar-refractivity contribution >= 4 is 5.91 Å². The lowest BCUT2D eigenvalue weighted by Gasteiger charge is -2.23. The van der Waals surface area contributed by atoms with Crippen molar-refractivity contribution in [2.45, 2.75) is 39.7 Å². The molecule has 1 amide bonds. The van der Waals surface area contributed by atoms with Crippen LogP contribution in [0, 0.1) is 11.3 Å². The quantitative estimate of drug-likeness (QED) is 0.780. The van der Waals surface area contributed by atoms with Crippen LogP contribution in [0.1, 0.15) is 33.6 Å². The largest absolute Gasteiger partial charge is 0.355 e. The molecule has 18 heavy (non-hydrogen) atoms. The van der Waals surface area contributed by atoms with Gasteiger partial charge in [-0.2, -0.15) is 0 Å². The minimum atomic E-state index is -0.184. The molecule has 2 heterocycles. The lowest BCUT2D eigenvalue weighted by atomic mass is 9.88. The SMILES string of the molecule is CC(C)N1CCC(CNC(=O)C2(C)CCNC2)C1. The summed E-state index contributed by atoms with van der Waals surface area (Å²) in [6.07, 6.45) is 2.18. The molecule has 0 radical (unpaired) electrons. The molecule has 2 saturated heterocycles. The van der Waals surface area contributed by atoms with E-state index < -0.39 is 0 Å². The van der Waals surface area contributed by atoms with E-state index in [2.05, 4.69) is 36.3 Å². The Morgan fingerprint density at radius 3 is 2.89 bits per heavy atom. The third kappa shape index (κ3) is 3.04. The van der Waals surface area contributed by atoms with Crippen LogP contribution in [0.3, 0.4) is 0 Å². The molecule has 2 rings (SSSR count). The summed E-state index contributed by atoms with van der Waals surface area (Å²) in [5, 5.41) is 6.44. The standard InChI is InChI=1S/C14H27N3O/c1-11(2)17-7-4-12(9-17)8-16-13(18)14(3)5-6-15-10-14/h11-12,15H,4-10H2,1-3H3,(H,16,18). The van der Waals surface area contributed by atoms with Gasteiger partial charge in [0.15, 0.2) is 0 Å². The second-order valence-corrected chi connectivity index (χ2v) is 6.44. The highest BCUT2D eigenvalue weighted by Gasteiger charge is 2.36. The molecular weight excluding hydrogens is 226 g/mol. The van der Waals surface area contributed by atoms with Crippen molar-refractivity contribution in [3.63, 3.8) is 0 Å². The number of hydrogen-bond donors (Lipinski definition) is 2. The van der Waals surface area contributed by atoms with Crippen molar-refractivity contribution in [1.82, 2.24) is 15.5 Å². The first kappa shape index (κ1) is 13.8. The molecular formula is C14H27N3O. The Balaban J connectivity index is 1.74. The maximum absolute atomic E-state index is 12.2. The fraction of sp³-hybridized carbons (Fsp3) is 0.929. The van der Waals surface area contributed by atoms with Gasteiger partial charge in [-0.15, -0.1) is 0 Å². The third-order valence-electron chi connectivity index (χ3n) is 4.52. The van der Waals surface area contributed by atoms with E-state index in [4.69, 9.17) is 0 Å². The molecule has 0 aromatic rings. The van der Waals surface area contributed by atoms with Gasteiger partial charge in [0.1, 0.15) is 0 Å². The zero-order chi connectivity index (χ0) is 13.2. The van der Waals surface area contributed by atoms with Crippen molar-refractivity contribution in [3.05, 3.63) is 0 Å². The van der Waals surface area contributed by atoms with E-state index in [0.29, 0.717) is 12.0 Å². The van der Waals surface area contributed by atoms with Crippen LogP contribution in [0.15, 0.2) is 0 Å². The van der Waals surface area contributed by atoms with Crippen LogP contribution in [0.2, 0.25) is 0 Å². The molecule has 0 aromatic heterocycles. The Morgan fingerprint density at radius 2 is 2.33 bits per heavy atom. The summed E-state index contributed by atoms with van der Waals surface area (Å²) in [4.78, 5) is 14.7. The van der Waals surface area contributed by atoms with Gasteiger partial charge in [-0.1, -0.05) is 0 Å². The zero-order valence-corrected chi connectivity index (χ0v) is 12.0. The molecule has 0 aliphatic carbocycles. The van der Waals surface area contributed by atoms with Crippen LogP contribution in [0.5, 0.6) is 0 Å². The molecule has 0 bridgehead atoms. The maximum Gasteiger partial charge on any atom is 0.227 e. The van der Waals surface area contributed by atoms with Gasteiger partial charge in [0, 0.05) is 25.7 Å². The molecule has 104 valence electrons. The topological polar surface area (TPSA) is 44.4 Å². The summed E-state index contributed by atoms with van der Waals surface area (Å²) in [5.74, 6) is 0.866. The molecule has 2 atom stereocenters. The Hall–Kier alpha value is -0.610. The number of nitrogens with zero attached hydrogens (tertiary/aromatic N) is 1. The van der Waals surface area contributed by atoms with Gasteiger partial charge in [0.2, 0.25) is 5.91 Å². The molecule has 2 fully saturated rings. The minimum Gasteiger partial charge on any atom is -0.355 e. The van der Waals surface area contributed by atoms with Gasteiger partial charge in [-0.05, 0) is 52.6 Å². The zero-order valence-electron chi connectivity index (χ0n) is 12.0. The van der Waals surface area contributed by atoms with E-state index >= 15 is 0 Å². The summed E-state index contributed by atoms with van der Waals surface area (Å²) >= 11 is 0. The molecule has 2 N–H and O–H groups in total. The smallest absolute Gasteiger partial charge is 0.227 e. The Morgan fingerprint density at radius 1 is 1.56 bits per heavy atom. The highest BCUT2D eigenvalue weighted by molar-refractivity contribution is 5.82. The molecule has 4 heteroatoms. The van der Waals surface area contributed by atoms with Crippen LogP contribution < -0.4 is 10.6 Å².